The average molecular weight is 217 g/mol. The Balaban J connectivity index is 3.40. The van der Waals surface area contributed by atoms with Gasteiger partial charge in [0.05, 0.1) is 0 Å². The van der Waals surface area contributed by atoms with Crippen molar-refractivity contribution in [2.75, 3.05) is 13.1 Å². The molecule has 0 aromatic rings. The molecule has 0 radical (unpaired) electrons. The Morgan fingerprint density at radius 2 is 1.79 bits per heavy atom. The van der Waals surface area contributed by atoms with Crippen molar-refractivity contribution in [2.45, 2.75) is 58.0 Å². The van der Waals surface area contributed by atoms with Crippen LogP contribution in [0.15, 0.2) is 0 Å². The van der Waals surface area contributed by atoms with Crippen molar-refractivity contribution in [2.24, 2.45) is 5.92 Å². The van der Waals surface area contributed by atoms with E-state index in [9.17, 15) is 0 Å². The summed E-state index contributed by atoms with van der Waals surface area (Å²) in [5.74, 6) is 0.790. The lowest BCUT2D eigenvalue weighted by Gasteiger charge is -2.20. The summed E-state index contributed by atoms with van der Waals surface area (Å²) in [5.41, 5.74) is 0. The SMILES string of the molecule is CCCCNCC(C)SC(C)C(C)C. The molecule has 0 spiro atoms. The molecule has 1 nitrogen and oxygen atoms in total. The number of hydrogen-bond donors (Lipinski definition) is 1. The number of unbranched alkanes of at least 4 members (excludes halogenated alkanes) is 1. The van der Waals surface area contributed by atoms with E-state index in [4.69, 9.17) is 0 Å². The van der Waals surface area contributed by atoms with Crippen LogP contribution in [0, 0.1) is 5.92 Å². The second-order valence-electron chi connectivity index (χ2n) is 4.45. The van der Waals surface area contributed by atoms with Gasteiger partial charge in [-0.2, -0.15) is 11.8 Å². The maximum atomic E-state index is 3.51. The molecule has 0 aliphatic rings. The van der Waals surface area contributed by atoms with Gasteiger partial charge in [0.2, 0.25) is 0 Å². The van der Waals surface area contributed by atoms with E-state index in [-0.39, 0.29) is 0 Å². The summed E-state index contributed by atoms with van der Waals surface area (Å²) in [6.45, 7) is 13.8. The highest BCUT2D eigenvalue weighted by atomic mass is 32.2. The first kappa shape index (κ1) is 14.3. The van der Waals surface area contributed by atoms with Gasteiger partial charge in [-0.05, 0) is 18.9 Å². The van der Waals surface area contributed by atoms with Gasteiger partial charge in [-0.25, -0.2) is 0 Å². The van der Waals surface area contributed by atoms with Crippen LogP contribution in [0.1, 0.15) is 47.5 Å². The molecule has 0 aromatic carbocycles. The minimum Gasteiger partial charge on any atom is -0.316 e. The van der Waals surface area contributed by atoms with Gasteiger partial charge in [0, 0.05) is 17.0 Å². The van der Waals surface area contributed by atoms with Gasteiger partial charge in [-0.3, -0.25) is 0 Å². The van der Waals surface area contributed by atoms with Crippen LogP contribution >= 0.6 is 11.8 Å². The van der Waals surface area contributed by atoms with Crippen LogP contribution in [0.2, 0.25) is 0 Å². The molecule has 0 rings (SSSR count). The highest BCUT2D eigenvalue weighted by molar-refractivity contribution is 8.00. The third kappa shape index (κ3) is 7.69. The molecule has 0 amide bonds. The van der Waals surface area contributed by atoms with Crippen LogP contribution in [-0.2, 0) is 0 Å². The highest BCUT2D eigenvalue weighted by Gasteiger charge is 2.11. The monoisotopic (exact) mass is 217 g/mol. The highest BCUT2D eigenvalue weighted by Crippen LogP contribution is 2.22. The molecular formula is C12H27NS. The summed E-state index contributed by atoms with van der Waals surface area (Å²) in [4.78, 5) is 0. The molecule has 14 heavy (non-hydrogen) atoms. The third-order valence-electron chi connectivity index (χ3n) is 2.52. The van der Waals surface area contributed by atoms with Gasteiger partial charge in [0.15, 0.2) is 0 Å². The fraction of sp³-hybridized carbons (Fsp3) is 1.00. The normalized spacial score (nSPS) is 15.9. The van der Waals surface area contributed by atoms with E-state index in [2.05, 4.69) is 51.7 Å². The lowest BCUT2D eigenvalue weighted by molar-refractivity contribution is 0.622. The van der Waals surface area contributed by atoms with Crippen molar-refractivity contribution in [3.8, 4) is 0 Å². The standard InChI is InChI=1S/C12H27NS/c1-6-7-8-13-9-11(4)14-12(5)10(2)3/h10-13H,6-9H2,1-5H3. The van der Waals surface area contributed by atoms with E-state index in [1.165, 1.54) is 19.4 Å². The molecule has 0 saturated heterocycles. The minimum atomic E-state index is 0.740. The van der Waals surface area contributed by atoms with Gasteiger partial charge in [-0.15, -0.1) is 0 Å². The van der Waals surface area contributed by atoms with Gasteiger partial charge in [0.25, 0.3) is 0 Å². The van der Waals surface area contributed by atoms with Crippen LogP contribution in [0.5, 0.6) is 0 Å². The van der Waals surface area contributed by atoms with E-state index >= 15 is 0 Å². The van der Waals surface area contributed by atoms with Crippen molar-refractivity contribution in [1.82, 2.24) is 5.32 Å². The lowest BCUT2D eigenvalue weighted by Crippen LogP contribution is -2.25. The molecule has 2 atom stereocenters. The number of hydrogen-bond acceptors (Lipinski definition) is 2. The molecule has 0 heterocycles. The first-order chi connectivity index (χ1) is 6.57. The molecule has 2 heteroatoms. The zero-order chi connectivity index (χ0) is 11.0. The second-order valence-corrected chi connectivity index (χ2v) is 6.27. The molecule has 0 fully saturated rings. The fourth-order valence-corrected chi connectivity index (χ4v) is 2.44. The van der Waals surface area contributed by atoms with Crippen molar-refractivity contribution < 1.29 is 0 Å². The topological polar surface area (TPSA) is 12.0 Å². The Hall–Kier alpha value is 0.310. The van der Waals surface area contributed by atoms with Crippen molar-refractivity contribution in [3.63, 3.8) is 0 Å². The summed E-state index contributed by atoms with van der Waals surface area (Å²) in [6.07, 6.45) is 2.59. The van der Waals surface area contributed by atoms with E-state index < -0.39 is 0 Å². The average Bonchev–Trinajstić information content (AvgIpc) is 2.12. The lowest BCUT2D eigenvalue weighted by atomic mass is 10.2. The molecule has 0 aliphatic carbocycles. The molecule has 0 bridgehead atoms. The smallest absolute Gasteiger partial charge is 0.0146 e. The quantitative estimate of drug-likeness (QED) is 0.624. The summed E-state index contributed by atoms with van der Waals surface area (Å²) >= 11 is 2.10. The van der Waals surface area contributed by atoms with E-state index in [1.807, 2.05) is 0 Å². The van der Waals surface area contributed by atoms with E-state index in [0.717, 1.165) is 23.0 Å². The van der Waals surface area contributed by atoms with E-state index in [0.29, 0.717) is 0 Å². The van der Waals surface area contributed by atoms with Crippen LogP contribution in [-0.4, -0.2) is 23.6 Å². The van der Waals surface area contributed by atoms with Gasteiger partial charge in [0.1, 0.15) is 0 Å². The van der Waals surface area contributed by atoms with Crippen LogP contribution in [0.4, 0.5) is 0 Å². The Morgan fingerprint density at radius 3 is 2.29 bits per heavy atom. The second kappa shape index (κ2) is 8.60. The third-order valence-corrected chi connectivity index (χ3v) is 4.13. The summed E-state index contributed by atoms with van der Waals surface area (Å²) in [6, 6.07) is 0. The number of thioether (sulfide) groups is 1. The first-order valence-electron chi connectivity index (χ1n) is 5.94. The molecule has 0 aromatic heterocycles. The minimum absolute atomic E-state index is 0.740. The molecule has 2 unspecified atom stereocenters. The summed E-state index contributed by atoms with van der Waals surface area (Å²) in [7, 11) is 0. The maximum Gasteiger partial charge on any atom is 0.0146 e. The van der Waals surface area contributed by atoms with Crippen LogP contribution in [0.25, 0.3) is 0 Å². The molecule has 0 saturated carbocycles. The zero-order valence-corrected chi connectivity index (χ0v) is 11.3. The Labute approximate surface area is 94.4 Å². The van der Waals surface area contributed by atoms with Gasteiger partial charge in [-0.1, -0.05) is 41.0 Å². The van der Waals surface area contributed by atoms with Crippen LogP contribution in [0.3, 0.4) is 0 Å². The Morgan fingerprint density at radius 1 is 1.14 bits per heavy atom. The Kier molecular flexibility index (Phi) is 8.80. The number of rotatable bonds is 8. The predicted octanol–water partition coefficient (Wildman–Crippen LogP) is 3.54. The van der Waals surface area contributed by atoms with Crippen molar-refractivity contribution in [1.29, 1.82) is 0 Å². The van der Waals surface area contributed by atoms with E-state index in [1.54, 1.807) is 0 Å². The maximum absolute atomic E-state index is 3.51. The van der Waals surface area contributed by atoms with Crippen molar-refractivity contribution >= 4 is 11.8 Å². The molecular weight excluding hydrogens is 190 g/mol. The van der Waals surface area contributed by atoms with Crippen LogP contribution < -0.4 is 5.32 Å². The Bertz CT molecular complexity index is 125. The molecule has 86 valence electrons. The summed E-state index contributed by atoms with van der Waals surface area (Å²) in [5, 5.41) is 5.03. The summed E-state index contributed by atoms with van der Waals surface area (Å²) < 4.78 is 0. The van der Waals surface area contributed by atoms with Crippen molar-refractivity contribution in [3.05, 3.63) is 0 Å². The van der Waals surface area contributed by atoms with Gasteiger partial charge >= 0.3 is 0 Å². The molecule has 1 N–H and O–H groups in total. The largest absolute Gasteiger partial charge is 0.316 e. The number of nitrogens with one attached hydrogen (secondary N) is 1. The first-order valence-corrected chi connectivity index (χ1v) is 6.88. The predicted molar refractivity (Wildman–Crippen MR) is 69.1 cm³/mol. The molecule has 0 aliphatic heterocycles. The van der Waals surface area contributed by atoms with Gasteiger partial charge < -0.3 is 5.32 Å². The zero-order valence-electron chi connectivity index (χ0n) is 10.5. The fourth-order valence-electron chi connectivity index (χ4n) is 1.18.